The molecular weight excluding hydrogens is 336 g/mol. The van der Waals surface area contributed by atoms with Crippen LogP contribution in [0.4, 0.5) is 0 Å². The Morgan fingerprint density at radius 3 is 2.87 bits per heavy atom. The van der Waals surface area contributed by atoms with Crippen LogP contribution >= 0.6 is 23.7 Å². The molecule has 0 radical (unpaired) electrons. The number of rotatable bonds is 5. The van der Waals surface area contributed by atoms with Gasteiger partial charge in [0.1, 0.15) is 11.2 Å². The lowest BCUT2D eigenvalue weighted by Gasteiger charge is -2.32. The quantitative estimate of drug-likeness (QED) is 0.880. The van der Waals surface area contributed by atoms with E-state index in [2.05, 4.69) is 20.8 Å². The molecule has 0 spiro atoms. The standard InChI is InChI=1S/C14H20N6OS.ClH/c1-15-6-2-11-3-7-19(8-4-11)14(21)13-12(5-9-22-13)20-10-16-17-18-20;/h5,9-11,15H,2-4,6-8H2,1H3;1H. The molecular formula is C14H21ClN6OS. The molecule has 0 aromatic carbocycles. The van der Waals surface area contributed by atoms with Gasteiger partial charge in [-0.3, -0.25) is 4.79 Å². The van der Waals surface area contributed by atoms with Crippen LogP contribution in [0.25, 0.3) is 5.69 Å². The number of carbonyl (C=O) groups excluding carboxylic acids is 1. The summed E-state index contributed by atoms with van der Waals surface area (Å²) < 4.78 is 1.55. The maximum atomic E-state index is 12.7. The molecule has 1 N–H and O–H groups in total. The minimum absolute atomic E-state index is 0. The molecule has 1 saturated heterocycles. The first-order valence-corrected chi connectivity index (χ1v) is 8.42. The lowest BCUT2D eigenvalue weighted by atomic mass is 9.93. The normalized spacial score (nSPS) is 15.4. The number of hydrogen-bond acceptors (Lipinski definition) is 6. The molecule has 3 heterocycles. The molecule has 0 unspecified atom stereocenters. The van der Waals surface area contributed by atoms with Gasteiger partial charge in [-0.25, -0.2) is 0 Å². The third kappa shape index (κ3) is 4.07. The molecule has 1 fully saturated rings. The van der Waals surface area contributed by atoms with Crippen molar-refractivity contribution in [2.75, 3.05) is 26.7 Å². The third-order valence-corrected chi connectivity index (χ3v) is 5.03. The molecule has 1 aliphatic heterocycles. The highest BCUT2D eigenvalue weighted by atomic mass is 35.5. The van der Waals surface area contributed by atoms with E-state index in [1.807, 2.05) is 23.4 Å². The van der Waals surface area contributed by atoms with E-state index in [0.717, 1.165) is 44.1 Å². The first-order valence-electron chi connectivity index (χ1n) is 7.54. The van der Waals surface area contributed by atoms with Gasteiger partial charge in [0.2, 0.25) is 0 Å². The number of carbonyl (C=O) groups is 1. The molecule has 2 aromatic heterocycles. The second-order valence-electron chi connectivity index (χ2n) is 5.52. The molecule has 126 valence electrons. The van der Waals surface area contributed by atoms with Gasteiger partial charge in [0.15, 0.2) is 0 Å². The number of halogens is 1. The van der Waals surface area contributed by atoms with Crippen LogP contribution in [0.5, 0.6) is 0 Å². The van der Waals surface area contributed by atoms with Crippen LogP contribution < -0.4 is 5.32 Å². The highest BCUT2D eigenvalue weighted by Gasteiger charge is 2.26. The molecule has 0 aliphatic carbocycles. The Labute approximate surface area is 145 Å². The summed E-state index contributed by atoms with van der Waals surface area (Å²) in [4.78, 5) is 15.4. The van der Waals surface area contributed by atoms with Crippen molar-refractivity contribution in [1.82, 2.24) is 30.4 Å². The molecule has 0 saturated carbocycles. The zero-order valence-electron chi connectivity index (χ0n) is 13.0. The number of nitrogens with one attached hydrogen (secondary N) is 1. The number of amides is 1. The third-order valence-electron chi connectivity index (χ3n) is 4.14. The first kappa shape index (κ1) is 17.8. The van der Waals surface area contributed by atoms with Crippen LogP contribution in [0.2, 0.25) is 0 Å². The van der Waals surface area contributed by atoms with Gasteiger partial charge in [-0.05, 0) is 60.6 Å². The number of tetrazole rings is 1. The van der Waals surface area contributed by atoms with Gasteiger partial charge in [0, 0.05) is 13.1 Å². The highest BCUT2D eigenvalue weighted by Crippen LogP contribution is 2.26. The van der Waals surface area contributed by atoms with Gasteiger partial charge < -0.3 is 10.2 Å². The summed E-state index contributed by atoms with van der Waals surface area (Å²) in [6.45, 7) is 2.72. The van der Waals surface area contributed by atoms with E-state index in [0.29, 0.717) is 4.88 Å². The molecule has 23 heavy (non-hydrogen) atoms. The Morgan fingerprint density at radius 2 is 2.22 bits per heavy atom. The maximum Gasteiger partial charge on any atom is 0.266 e. The van der Waals surface area contributed by atoms with E-state index in [4.69, 9.17) is 0 Å². The summed E-state index contributed by atoms with van der Waals surface area (Å²) in [6.07, 6.45) is 4.87. The van der Waals surface area contributed by atoms with Crippen LogP contribution in [0.3, 0.4) is 0 Å². The number of nitrogens with zero attached hydrogens (tertiary/aromatic N) is 5. The van der Waals surface area contributed by atoms with Crippen LogP contribution in [-0.2, 0) is 0 Å². The van der Waals surface area contributed by atoms with Crippen molar-refractivity contribution in [1.29, 1.82) is 0 Å². The Morgan fingerprint density at radius 1 is 1.43 bits per heavy atom. The van der Waals surface area contributed by atoms with Gasteiger partial charge >= 0.3 is 0 Å². The predicted octanol–water partition coefficient (Wildman–Crippen LogP) is 1.61. The number of aromatic nitrogens is 4. The number of thiophene rings is 1. The second kappa shape index (κ2) is 8.37. The van der Waals surface area contributed by atoms with E-state index in [1.54, 1.807) is 4.68 Å². The molecule has 9 heteroatoms. The molecule has 7 nitrogen and oxygen atoms in total. The molecule has 3 rings (SSSR count). The lowest BCUT2D eigenvalue weighted by molar-refractivity contribution is 0.0692. The minimum Gasteiger partial charge on any atom is -0.338 e. The van der Waals surface area contributed by atoms with Crippen molar-refractivity contribution in [3.05, 3.63) is 22.7 Å². The Kier molecular flexibility index (Phi) is 6.49. The van der Waals surface area contributed by atoms with Gasteiger partial charge in [-0.15, -0.1) is 28.8 Å². The number of hydrogen-bond donors (Lipinski definition) is 1. The van der Waals surface area contributed by atoms with Crippen molar-refractivity contribution in [3.63, 3.8) is 0 Å². The van der Waals surface area contributed by atoms with Crippen LogP contribution in [0, 0.1) is 5.92 Å². The number of likely N-dealkylation sites (tertiary alicyclic amines) is 1. The molecule has 1 amide bonds. The highest BCUT2D eigenvalue weighted by molar-refractivity contribution is 7.12. The van der Waals surface area contributed by atoms with Crippen molar-refractivity contribution in [2.24, 2.45) is 5.92 Å². The Bertz CT molecular complexity index is 609. The van der Waals surface area contributed by atoms with E-state index in [-0.39, 0.29) is 18.3 Å². The van der Waals surface area contributed by atoms with Crippen LogP contribution in [-0.4, -0.2) is 57.7 Å². The fourth-order valence-corrected chi connectivity index (χ4v) is 3.68. The van der Waals surface area contributed by atoms with E-state index in [1.165, 1.54) is 24.1 Å². The van der Waals surface area contributed by atoms with Gasteiger partial charge in [0.05, 0.1) is 5.69 Å². The fourth-order valence-electron chi connectivity index (χ4n) is 2.83. The topological polar surface area (TPSA) is 75.9 Å². The monoisotopic (exact) mass is 356 g/mol. The van der Waals surface area contributed by atoms with E-state index >= 15 is 0 Å². The molecule has 1 aliphatic rings. The van der Waals surface area contributed by atoms with Crippen molar-refractivity contribution in [2.45, 2.75) is 19.3 Å². The summed E-state index contributed by atoms with van der Waals surface area (Å²) >= 11 is 1.45. The molecule has 0 bridgehead atoms. The molecule has 0 atom stereocenters. The second-order valence-corrected chi connectivity index (χ2v) is 6.43. The van der Waals surface area contributed by atoms with Crippen molar-refractivity contribution in [3.8, 4) is 5.69 Å². The molecule has 2 aromatic rings. The summed E-state index contributed by atoms with van der Waals surface area (Å²) in [5.41, 5.74) is 0.761. The van der Waals surface area contributed by atoms with E-state index < -0.39 is 0 Å². The number of piperidine rings is 1. The van der Waals surface area contributed by atoms with Crippen LogP contribution in [0.15, 0.2) is 17.8 Å². The van der Waals surface area contributed by atoms with Crippen LogP contribution in [0.1, 0.15) is 28.9 Å². The summed E-state index contributed by atoms with van der Waals surface area (Å²) in [6, 6.07) is 1.88. The zero-order valence-corrected chi connectivity index (χ0v) is 14.6. The Hall–Kier alpha value is -1.51. The van der Waals surface area contributed by atoms with Crippen molar-refractivity contribution >= 4 is 29.7 Å². The fraction of sp³-hybridized carbons (Fsp3) is 0.571. The average molecular weight is 357 g/mol. The first-order chi connectivity index (χ1) is 10.8. The smallest absolute Gasteiger partial charge is 0.266 e. The average Bonchev–Trinajstić information content (AvgIpc) is 3.23. The van der Waals surface area contributed by atoms with E-state index in [9.17, 15) is 4.79 Å². The maximum absolute atomic E-state index is 12.7. The summed E-state index contributed by atoms with van der Waals surface area (Å²) in [7, 11) is 1.98. The van der Waals surface area contributed by atoms with Crippen molar-refractivity contribution < 1.29 is 4.79 Å². The van der Waals surface area contributed by atoms with Gasteiger partial charge in [0.25, 0.3) is 5.91 Å². The van der Waals surface area contributed by atoms with Gasteiger partial charge in [-0.2, -0.15) is 4.68 Å². The predicted molar refractivity (Wildman–Crippen MR) is 91.5 cm³/mol. The minimum atomic E-state index is 0. The zero-order chi connectivity index (χ0) is 15.4. The van der Waals surface area contributed by atoms with Gasteiger partial charge in [-0.1, -0.05) is 0 Å². The lowest BCUT2D eigenvalue weighted by Crippen LogP contribution is -2.39. The summed E-state index contributed by atoms with van der Waals surface area (Å²) in [5, 5.41) is 16.2. The Balaban J connectivity index is 0.00000192. The summed E-state index contributed by atoms with van der Waals surface area (Å²) in [5.74, 6) is 0.811. The largest absolute Gasteiger partial charge is 0.338 e. The SMILES string of the molecule is CNCCC1CCN(C(=O)c2sccc2-n2cnnn2)CC1.Cl.